The van der Waals surface area contributed by atoms with Crippen molar-refractivity contribution >= 4 is 11.8 Å². The molecule has 1 fully saturated rings. The van der Waals surface area contributed by atoms with Crippen LogP contribution in [-0.4, -0.2) is 54.8 Å². The molecule has 1 atom stereocenters. The van der Waals surface area contributed by atoms with E-state index in [1.54, 1.807) is 14.1 Å². The molecule has 0 aliphatic carbocycles. The lowest BCUT2D eigenvalue weighted by molar-refractivity contribution is -0.137. The van der Waals surface area contributed by atoms with Crippen LogP contribution >= 0.6 is 0 Å². The van der Waals surface area contributed by atoms with Crippen LogP contribution in [0.4, 0.5) is 0 Å². The molecule has 1 heterocycles. The maximum atomic E-state index is 12.3. The maximum Gasteiger partial charge on any atom is 0.237 e. The number of carbonyl (C=O) groups is 2. The number of hydrogen-bond acceptors (Lipinski definition) is 3. The topological polar surface area (TPSA) is 52.7 Å². The predicted octanol–water partition coefficient (Wildman–Crippen LogP) is 2.13. The van der Waals surface area contributed by atoms with Gasteiger partial charge in [0.1, 0.15) is 0 Å². The summed E-state index contributed by atoms with van der Waals surface area (Å²) < 4.78 is 0. The second-order valence-corrected chi connectivity index (χ2v) is 6.83. The van der Waals surface area contributed by atoms with Crippen LogP contribution in [0.5, 0.6) is 0 Å². The first-order valence-electron chi connectivity index (χ1n) is 8.91. The average Bonchev–Trinajstić information content (AvgIpc) is 2.65. The Balaban J connectivity index is 1.71. The van der Waals surface area contributed by atoms with Crippen LogP contribution in [-0.2, 0) is 16.1 Å². The number of nitrogens with one attached hydrogen (secondary N) is 1. The molecule has 1 aliphatic heterocycles. The Morgan fingerprint density at radius 1 is 1.08 bits per heavy atom. The first-order chi connectivity index (χ1) is 12.5. The predicted molar refractivity (Wildman–Crippen MR) is 102 cm³/mol. The van der Waals surface area contributed by atoms with Crippen LogP contribution < -0.4 is 5.32 Å². The Labute approximate surface area is 154 Å². The third kappa shape index (κ3) is 4.29. The van der Waals surface area contributed by atoms with Crippen LogP contribution in [0.1, 0.15) is 12.0 Å². The molecule has 2 amide bonds. The molecule has 2 aromatic carbocycles. The van der Waals surface area contributed by atoms with Crippen LogP contribution in [0.2, 0.25) is 0 Å². The molecule has 26 heavy (non-hydrogen) atoms. The van der Waals surface area contributed by atoms with Gasteiger partial charge in [0.05, 0.1) is 12.5 Å². The normalized spacial score (nSPS) is 17.6. The van der Waals surface area contributed by atoms with Crippen LogP contribution in [0.3, 0.4) is 0 Å². The van der Waals surface area contributed by atoms with E-state index >= 15 is 0 Å². The Morgan fingerprint density at radius 3 is 2.38 bits per heavy atom. The molecule has 1 N–H and O–H groups in total. The molecule has 0 spiro atoms. The van der Waals surface area contributed by atoms with Gasteiger partial charge in [0.2, 0.25) is 11.8 Å². The van der Waals surface area contributed by atoms with Crippen molar-refractivity contribution in [3.63, 3.8) is 0 Å². The Kier molecular flexibility index (Phi) is 5.68. The van der Waals surface area contributed by atoms with Crippen LogP contribution in [0.15, 0.2) is 54.6 Å². The fraction of sp³-hybridized carbons (Fsp3) is 0.333. The molecule has 3 rings (SSSR count). The van der Waals surface area contributed by atoms with E-state index in [0.29, 0.717) is 13.1 Å². The molecular weight excluding hydrogens is 326 g/mol. The lowest BCUT2D eigenvalue weighted by Gasteiger charge is -2.35. The number of nitrogens with zero attached hydrogens (tertiary/aromatic N) is 2. The van der Waals surface area contributed by atoms with Crippen molar-refractivity contribution in [3.05, 3.63) is 60.2 Å². The Morgan fingerprint density at radius 2 is 1.73 bits per heavy atom. The quantitative estimate of drug-likeness (QED) is 0.898. The zero-order valence-corrected chi connectivity index (χ0v) is 15.3. The highest BCUT2D eigenvalue weighted by molar-refractivity contribution is 5.88. The molecule has 5 heteroatoms. The van der Waals surface area contributed by atoms with Crippen LogP contribution in [0.25, 0.3) is 11.1 Å². The van der Waals surface area contributed by atoms with E-state index in [0.717, 1.165) is 12.1 Å². The largest absolute Gasteiger partial charge is 0.353 e. The van der Waals surface area contributed by atoms with Gasteiger partial charge in [-0.25, -0.2) is 0 Å². The van der Waals surface area contributed by atoms with Gasteiger partial charge in [0.25, 0.3) is 0 Å². The maximum absolute atomic E-state index is 12.3. The van der Waals surface area contributed by atoms with E-state index < -0.39 is 6.04 Å². The monoisotopic (exact) mass is 351 g/mol. The van der Waals surface area contributed by atoms with Gasteiger partial charge in [-0.2, -0.15) is 0 Å². The van der Waals surface area contributed by atoms with Gasteiger partial charge < -0.3 is 10.2 Å². The zero-order valence-electron chi connectivity index (χ0n) is 15.3. The van der Waals surface area contributed by atoms with Crippen molar-refractivity contribution in [2.45, 2.75) is 19.0 Å². The first kappa shape index (κ1) is 18.1. The molecule has 0 saturated carbocycles. The number of hydrogen-bond donors (Lipinski definition) is 1. The Hall–Kier alpha value is -2.66. The van der Waals surface area contributed by atoms with Gasteiger partial charge in [-0.05, 0) is 16.7 Å². The lowest BCUT2D eigenvalue weighted by atomic mass is 10.0. The van der Waals surface area contributed by atoms with E-state index in [4.69, 9.17) is 0 Å². The van der Waals surface area contributed by atoms with Crippen molar-refractivity contribution < 1.29 is 9.59 Å². The summed E-state index contributed by atoms with van der Waals surface area (Å²) >= 11 is 0. The van der Waals surface area contributed by atoms with Crippen molar-refractivity contribution in [3.8, 4) is 11.1 Å². The molecule has 1 aliphatic rings. The molecule has 0 radical (unpaired) electrons. The van der Waals surface area contributed by atoms with Gasteiger partial charge in [0, 0.05) is 33.7 Å². The SMILES string of the molecule is CN(C)C(=O)C[C@H]1C(=O)NCCN1Cc1ccc(-c2ccccc2)cc1. The zero-order chi connectivity index (χ0) is 18.5. The van der Waals surface area contributed by atoms with Gasteiger partial charge in [-0.15, -0.1) is 0 Å². The summed E-state index contributed by atoms with van der Waals surface area (Å²) in [4.78, 5) is 28.0. The summed E-state index contributed by atoms with van der Waals surface area (Å²) in [5.41, 5.74) is 3.50. The van der Waals surface area contributed by atoms with Gasteiger partial charge >= 0.3 is 0 Å². The molecule has 136 valence electrons. The summed E-state index contributed by atoms with van der Waals surface area (Å²) in [7, 11) is 3.44. The number of piperazine rings is 1. The summed E-state index contributed by atoms with van der Waals surface area (Å²) in [6.45, 7) is 2.03. The molecule has 0 aromatic heterocycles. The third-order valence-corrected chi connectivity index (χ3v) is 4.76. The van der Waals surface area contributed by atoms with E-state index in [1.807, 2.05) is 18.2 Å². The van der Waals surface area contributed by atoms with Gasteiger partial charge in [0.15, 0.2) is 0 Å². The first-order valence-corrected chi connectivity index (χ1v) is 8.91. The number of rotatable bonds is 5. The number of carbonyl (C=O) groups excluding carboxylic acids is 2. The molecule has 1 saturated heterocycles. The summed E-state index contributed by atoms with van der Waals surface area (Å²) in [6, 6.07) is 18.2. The standard InChI is InChI=1S/C21H25N3O2/c1-23(2)20(25)14-19-21(26)22-12-13-24(19)15-16-8-10-18(11-9-16)17-6-4-3-5-7-17/h3-11,19H,12-15H2,1-2H3,(H,22,26)/t19-/m0/s1. The smallest absolute Gasteiger partial charge is 0.237 e. The average molecular weight is 351 g/mol. The second-order valence-electron chi connectivity index (χ2n) is 6.83. The minimum absolute atomic E-state index is 0.0310. The minimum atomic E-state index is -0.410. The highest BCUT2D eigenvalue weighted by Gasteiger charge is 2.31. The second kappa shape index (κ2) is 8.15. The van der Waals surface area contributed by atoms with E-state index in [-0.39, 0.29) is 18.2 Å². The summed E-state index contributed by atoms with van der Waals surface area (Å²) in [6.07, 6.45) is 0.209. The molecule has 5 nitrogen and oxygen atoms in total. The minimum Gasteiger partial charge on any atom is -0.353 e. The van der Waals surface area contributed by atoms with Crippen molar-refractivity contribution in [2.24, 2.45) is 0 Å². The van der Waals surface area contributed by atoms with Crippen molar-refractivity contribution in [1.29, 1.82) is 0 Å². The molecule has 0 bridgehead atoms. The number of amides is 2. The van der Waals surface area contributed by atoms with Gasteiger partial charge in [-0.1, -0.05) is 54.6 Å². The highest BCUT2D eigenvalue weighted by atomic mass is 16.2. The fourth-order valence-corrected chi connectivity index (χ4v) is 3.19. The van der Waals surface area contributed by atoms with Crippen molar-refractivity contribution in [2.75, 3.05) is 27.2 Å². The highest BCUT2D eigenvalue weighted by Crippen LogP contribution is 2.21. The lowest BCUT2D eigenvalue weighted by Crippen LogP contribution is -2.56. The van der Waals surface area contributed by atoms with E-state index in [9.17, 15) is 9.59 Å². The molecule has 2 aromatic rings. The van der Waals surface area contributed by atoms with Gasteiger partial charge in [-0.3, -0.25) is 14.5 Å². The third-order valence-electron chi connectivity index (χ3n) is 4.76. The fourth-order valence-electron chi connectivity index (χ4n) is 3.19. The van der Waals surface area contributed by atoms with E-state index in [2.05, 4.69) is 46.6 Å². The van der Waals surface area contributed by atoms with Crippen molar-refractivity contribution in [1.82, 2.24) is 15.1 Å². The summed E-state index contributed by atoms with van der Waals surface area (Å²) in [5, 5.41) is 2.87. The number of benzene rings is 2. The van der Waals surface area contributed by atoms with E-state index in [1.165, 1.54) is 16.0 Å². The van der Waals surface area contributed by atoms with Crippen LogP contribution in [0, 0.1) is 0 Å². The summed E-state index contributed by atoms with van der Waals surface area (Å²) in [5.74, 6) is -0.0937. The molecule has 0 unspecified atom stereocenters. The Bertz CT molecular complexity index is 757. The molecular formula is C21H25N3O2.